The zero-order valence-electron chi connectivity index (χ0n) is 12.3. The molecule has 0 aromatic heterocycles. The molecule has 0 radical (unpaired) electrons. The van der Waals surface area contributed by atoms with Gasteiger partial charge in [0.25, 0.3) is 0 Å². The van der Waals surface area contributed by atoms with Gasteiger partial charge in [-0.05, 0) is 50.5 Å². The van der Waals surface area contributed by atoms with Crippen LogP contribution in [0.5, 0.6) is 5.75 Å². The lowest BCUT2D eigenvalue weighted by molar-refractivity contribution is 0.410. The Kier molecular flexibility index (Phi) is 5.38. The Hall–Kier alpha value is -1.07. The second-order valence-electron chi connectivity index (χ2n) is 4.83. The molecule has 0 aliphatic carbocycles. The predicted molar refractivity (Wildman–Crippen MR) is 77.2 cm³/mol. The number of methoxy groups -OCH3 is 1. The standard InChI is InChI=1S/C14H23NO3S/c1-6-7-10(2)15-19(16,17)14-9-8-13(18-5)11(3)12(14)4/h8-10,15H,6-7H2,1-5H3/t10-/m1/s1. The molecule has 1 atom stereocenters. The Labute approximate surface area is 116 Å². The van der Waals surface area contributed by atoms with Crippen molar-refractivity contribution >= 4 is 10.0 Å². The minimum atomic E-state index is -3.47. The second kappa shape index (κ2) is 6.39. The molecule has 0 bridgehead atoms. The van der Waals surface area contributed by atoms with E-state index in [2.05, 4.69) is 4.72 Å². The first-order valence-corrected chi connectivity index (χ1v) is 7.98. The van der Waals surface area contributed by atoms with Crippen LogP contribution in [0.4, 0.5) is 0 Å². The number of nitrogens with one attached hydrogen (secondary N) is 1. The highest BCUT2D eigenvalue weighted by atomic mass is 32.2. The molecule has 0 aliphatic rings. The molecular formula is C14H23NO3S. The number of benzene rings is 1. The van der Waals surface area contributed by atoms with E-state index in [9.17, 15) is 8.42 Å². The minimum absolute atomic E-state index is 0.0585. The molecule has 1 aromatic rings. The highest BCUT2D eigenvalue weighted by Gasteiger charge is 2.21. The van der Waals surface area contributed by atoms with Gasteiger partial charge >= 0.3 is 0 Å². The van der Waals surface area contributed by atoms with Crippen molar-refractivity contribution in [1.82, 2.24) is 4.72 Å². The summed E-state index contributed by atoms with van der Waals surface area (Å²) in [6.45, 7) is 7.58. The molecule has 0 saturated heterocycles. The third-order valence-corrected chi connectivity index (χ3v) is 5.01. The Morgan fingerprint density at radius 3 is 2.42 bits per heavy atom. The normalized spacial score (nSPS) is 13.3. The van der Waals surface area contributed by atoms with Crippen LogP contribution in [0.25, 0.3) is 0 Å². The molecule has 4 nitrogen and oxygen atoms in total. The summed E-state index contributed by atoms with van der Waals surface area (Å²) in [4.78, 5) is 0.328. The van der Waals surface area contributed by atoms with Gasteiger partial charge in [0.2, 0.25) is 10.0 Å². The summed E-state index contributed by atoms with van der Waals surface area (Å²) < 4.78 is 32.6. The fourth-order valence-electron chi connectivity index (χ4n) is 2.10. The Balaban J connectivity index is 3.12. The van der Waals surface area contributed by atoms with E-state index in [-0.39, 0.29) is 6.04 Å². The van der Waals surface area contributed by atoms with Crippen LogP contribution < -0.4 is 9.46 Å². The molecule has 0 fully saturated rings. The van der Waals surface area contributed by atoms with Gasteiger partial charge in [-0.1, -0.05) is 13.3 Å². The molecule has 0 saturated carbocycles. The van der Waals surface area contributed by atoms with Crippen LogP contribution in [-0.2, 0) is 10.0 Å². The molecule has 5 heteroatoms. The van der Waals surface area contributed by atoms with E-state index in [1.54, 1.807) is 26.2 Å². The van der Waals surface area contributed by atoms with E-state index in [0.717, 1.165) is 24.0 Å². The number of rotatable bonds is 6. The largest absolute Gasteiger partial charge is 0.496 e. The number of hydrogen-bond acceptors (Lipinski definition) is 3. The van der Waals surface area contributed by atoms with Crippen LogP contribution in [-0.4, -0.2) is 21.6 Å². The second-order valence-corrected chi connectivity index (χ2v) is 6.51. The fraction of sp³-hybridized carbons (Fsp3) is 0.571. The van der Waals surface area contributed by atoms with Crippen molar-refractivity contribution in [2.45, 2.75) is 51.5 Å². The first-order chi connectivity index (χ1) is 8.83. The van der Waals surface area contributed by atoms with E-state index >= 15 is 0 Å². The van der Waals surface area contributed by atoms with Gasteiger partial charge in [-0.2, -0.15) is 0 Å². The third kappa shape index (κ3) is 3.70. The van der Waals surface area contributed by atoms with Crippen LogP contribution in [0.3, 0.4) is 0 Å². The monoisotopic (exact) mass is 285 g/mol. The third-order valence-electron chi connectivity index (χ3n) is 3.28. The summed E-state index contributed by atoms with van der Waals surface area (Å²) in [6.07, 6.45) is 1.78. The average Bonchev–Trinajstić information content (AvgIpc) is 2.31. The lowest BCUT2D eigenvalue weighted by Crippen LogP contribution is -2.33. The topological polar surface area (TPSA) is 55.4 Å². The molecule has 0 aliphatic heterocycles. The quantitative estimate of drug-likeness (QED) is 0.874. The van der Waals surface area contributed by atoms with Crippen molar-refractivity contribution in [2.75, 3.05) is 7.11 Å². The first-order valence-electron chi connectivity index (χ1n) is 6.50. The van der Waals surface area contributed by atoms with Crippen molar-refractivity contribution in [1.29, 1.82) is 0 Å². The maximum Gasteiger partial charge on any atom is 0.241 e. The summed E-state index contributed by atoms with van der Waals surface area (Å²) in [5, 5.41) is 0. The summed E-state index contributed by atoms with van der Waals surface area (Å²) in [6, 6.07) is 3.24. The van der Waals surface area contributed by atoms with Gasteiger partial charge in [0.05, 0.1) is 12.0 Å². The maximum atomic E-state index is 12.3. The average molecular weight is 285 g/mol. The van der Waals surface area contributed by atoms with Gasteiger partial charge in [-0.15, -0.1) is 0 Å². The van der Waals surface area contributed by atoms with Gasteiger partial charge in [-0.3, -0.25) is 0 Å². The fourth-order valence-corrected chi connectivity index (χ4v) is 3.68. The lowest BCUT2D eigenvalue weighted by Gasteiger charge is -2.16. The molecule has 19 heavy (non-hydrogen) atoms. The van der Waals surface area contributed by atoms with E-state index in [0.29, 0.717) is 10.6 Å². The zero-order chi connectivity index (χ0) is 14.6. The van der Waals surface area contributed by atoms with Crippen LogP contribution in [0, 0.1) is 13.8 Å². The summed E-state index contributed by atoms with van der Waals surface area (Å²) in [5.74, 6) is 0.707. The highest BCUT2D eigenvalue weighted by Crippen LogP contribution is 2.26. The highest BCUT2D eigenvalue weighted by molar-refractivity contribution is 7.89. The van der Waals surface area contributed by atoms with E-state index in [4.69, 9.17) is 4.74 Å². The van der Waals surface area contributed by atoms with Gasteiger partial charge in [0, 0.05) is 6.04 Å². The van der Waals surface area contributed by atoms with Gasteiger partial charge in [0.15, 0.2) is 0 Å². The molecule has 0 heterocycles. The molecule has 0 spiro atoms. The number of hydrogen-bond donors (Lipinski definition) is 1. The first kappa shape index (κ1) is 16.0. The van der Waals surface area contributed by atoms with Crippen molar-refractivity contribution < 1.29 is 13.2 Å². The molecule has 1 aromatic carbocycles. The Morgan fingerprint density at radius 2 is 1.89 bits per heavy atom. The zero-order valence-corrected chi connectivity index (χ0v) is 13.1. The van der Waals surface area contributed by atoms with Gasteiger partial charge < -0.3 is 4.74 Å². The summed E-state index contributed by atoms with van der Waals surface area (Å²) in [5.41, 5.74) is 1.59. The molecule has 0 amide bonds. The molecule has 1 rings (SSSR count). The number of sulfonamides is 1. The molecule has 0 unspecified atom stereocenters. The van der Waals surface area contributed by atoms with Crippen LogP contribution in [0.15, 0.2) is 17.0 Å². The van der Waals surface area contributed by atoms with Crippen molar-refractivity contribution in [3.8, 4) is 5.75 Å². The SMILES string of the molecule is CCC[C@@H](C)NS(=O)(=O)c1ccc(OC)c(C)c1C. The predicted octanol–water partition coefficient (Wildman–Crippen LogP) is 2.78. The van der Waals surface area contributed by atoms with Gasteiger partial charge in [-0.25, -0.2) is 13.1 Å². The van der Waals surface area contributed by atoms with E-state index in [1.165, 1.54) is 0 Å². The van der Waals surface area contributed by atoms with Crippen molar-refractivity contribution in [3.63, 3.8) is 0 Å². The van der Waals surface area contributed by atoms with Gasteiger partial charge in [0.1, 0.15) is 5.75 Å². The van der Waals surface area contributed by atoms with E-state index in [1.807, 2.05) is 20.8 Å². The molecule has 108 valence electrons. The Morgan fingerprint density at radius 1 is 1.26 bits per heavy atom. The minimum Gasteiger partial charge on any atom is -0.496 e. The summed E-state index contributed by atoms with van der Waals surface area (Å²) >= 11 is 0. The van der Waals surface area contributed by atoms with Crippen LogP contribution in [0.1, 0.15) is 37.8 Å². The van der Waals surface area contributed by atoms with E-state index < -0.39 is 10.0 Å². The molecule has 1 N–H and O–H groups in total. The lowest BCUT2D eigenvalue weighted by atomic mass is 10.1. The van der Waals surface area contributed by atoms with Crippen LogP contribution >= 0.6 is 0 Å². The smallest absolute Gasteiger partial charge is 0.241 e. The molecular weight excluding hydrogens is 262 g/mol. The van der Waals surface area contributed by atoms with Crippen molar-refractivity contribution in [2.24, 2.45) is 0 Å². The summed E-state index contributed by atoms with van der Waals surface area (Å²) in [7, 11) is -1.88. The van der Waals surface area contributed by atoms with Crippen molar-refractivity contribution in [3.05, 3.63) is 23.3 Å². The Bertz CT molecular complexity index is 538. The maximum absolute atomic E-state index is 12.3. The number of ether oxygens (including phenoxy) is 1. The van der Waals surface area contributed by atoms with Crippen LogP contribution in [0.2, 0.25) is 0 Å².